The van der Waals surface area contributed by atoms with Gasteiger partial charge in [0.25, 0.3) is 5.91 Å². The first-order chi connectivity index (χ1) is 24.3. The Kier molecular flexibility index (Phi) is 11.3. The summed E-state index contributed by atoms with van der Waals surface area (Å²) < 4.78 is 5.52. The molecule has 0 radical (unpaired) electrons. The van der Waals surface area contributed by atoms with Crippen molar-refractivity contribution in [2.75, 3.05) is 38.2 Å². The van der Waals surface area contributed by atoms with E-state index in [1.54, 1.807) is 37.6 Å². The van der Waals surface area contributed by atoms with E-state index in [1.807, 2.05) is 59.5 Å². The highest BCUT2D eigenvalue weighted by Gasteiger charge is 2.41. The van der Waals surface area contributed by atoms with E-state index in [1.165, 1.54) is 4.90 Å². The van der Waals surface area contributed by atoms with Crippen molar-refractivity contribution in [1.82, 2.24) is 19.8 Å². The van der Waals surface area contributed by atoms with Crippen LogP contribution < -0.4 is 9.64 Å². The SMILES string of the molecule is COc1ccccc1CC(=O)N1CCCC[C@H]2CN(c3ncc(C(=O)N(CC(=O)O)Cc4ccc(Cl)cc4)c(CCc4ccccc4)n3)C[C@@H]21. The van der Waals surface area contributed by atoms with Crippen LogP contribution in [-0.4, -0.2) is 82.0 Å². The molecule has 2 fully saturated rings. The van der Waals surface area contributed by atoms with Gasteiger partial charge < -0.3 is 24.5 Å². The number of carboxylic acid groups (broad SMARTS) is 1. The average Bonchev–Trinajstić information content (AvgIpc) is 3.44. The van der Waals surface area contributed by atoms with E-state index < -0.39 is 18.4 Å². The number of ether oxygens (including phenoxy) is 1. The second kappa shape index (κ2) is 16.2. The monoisotopic (exact) mass is 695 g/mol. The predicted octanol–water partition coefficient (Wildman–Crippen LogP) is 5.71. The molecule has 0 spiro atoms. The van der Waals surface area contributed by atoms with Gasteiger partial charge in [0.2, 0.25) is 11.9 Å². The molecule has 0 bridgehead atoms. The fourth-order valence-electron chi connectivity index (χ4n) is 7.11. The number of hydrogen-bond acceptors (Lipinski definition) is 7. The molecule has 11 heteroatoms. The maximum atomic E-state index is 14.1. The Balaban J connectivity index is 1.26. The molecule has 10 nitrogen and oxygen atoms in total. The van der Waals surface area contributed by atoms with Crippen molar-refractivity contribution < 1.29 is 24.2 Å². The first kappa shape index (κ1) is 34.9. The van der Waals surface area contributed by atoms with Gasteiger partial charge in [-0.3, -0.25) is 14.4 Å². The average molecular weight is 696 g/mol. The topological polar surface area (TPSA) is 116 Å². The van der Waals surface area contributed by atoms with Crippen molar-refractivity contribution in [3.05, 3.63) is 118 Å². The summed E-state index contributed by atoms with van der Waals surface area (Å²) in [5, 5.41) is 10.3. The van der Waals surface area contributed by atoms with Crippen LogP contribution >= 0.6 is 11.6 Å². The maximum Gasteiger partial charge on any atom is 0.323 e. The molecule has 2 aliphatic rings. The summed E-state index contributed by atoms with van der Waals surface area (Å²) in [7, 11) is 1.62. The van der Waals surface area contributed by atoms with E-state index in [0.717, 1.165) is 36.0 Å². The van der Waals surface area contributed by atoms with Crippen molar-refractivity contribution in [3.63, 3.8) is 0 Å². The highest BCUT2D eigenvalue weighted by molar-refractivity contribution is 6.30. The van der Waals surface area contributed by atoms with Gasteiger partial charge in [0.15, 0.2) is 0 Å². The third kappa shape index (κ3) is 8.42. The summed E-state index contributed by atoms with van der Waals surface area (Å²) in [5.74, 6) is 0.00608. The quantitative estimate of drug-likeness (QED) is 0.200. The molecule has 3 aromatic carbocycles. The molecule has 1 aromatic heterocycles. The van der Waals surface area contributed by atoms with Crippen molar-refractivity contribution in [2.24, 2.45) is 5.92 Å². The number of aryl methyl sites for hydroxylation is 2. The molecule has 260 valence electrons. The van der Waals surface area contributed by atoms with E-state index in [2.05, 4.69) is 4.90 Å². The Hall–Kier alpha value is -4.96. The van der Waals surface area contributed by atoms with Crippen LogP contribution in [0.25, 0.3) is 0 Å². The van der Waals surface area contributed by atoms with Crippen LogP contribution in [0.4, 0.5) is 5.95 Å². The molecule has 50 heavy (non-hydrogen) atoms. The van der Waals surface area contributed by atoms with Crippen LogP contribution in [-0.2, 0) is 35.4 Å². The van der Waals surface area contributed by atoms with Crippen LogP contribution in [0.2, 0.25) is 5.02 Å². The number of amides is 2. The number of halogens is 1. The van der Waals surface area contributed by atoms with Gasteiger partial charge in [-0.2, -0.15) is 0 Å². The van der Waals surface area contributed by atoms with Gasteiger partial charge in [0, 0.05) is 43.0 Å². The van der Waals surface area contributed by atoms with Gasteiger partial charge in [0.05, 0.1) is 30.8 Å². The highest BCUT2D eigenvalue weighted by Crippen LogP contribution is 2.33. The van der Waals surface area contributed by atoms with E-state index in [0.29, 0.717) is 54.9 Å². The summed E-state index contributed by atoms with van der Waals surface area (Å²) in [6.07, 6.45) is 5.93. The molecule has 6 rings (SSSR count). The second-order valence-electron chi connectivity index (χ2n) is 13.0. The second-order valence-corrected chi connectivity index (χ2v) is 13.4. The van der Waals surface area contributed by atoms with E-state index >= 15 is 0 Å². The predicted molar refractivity (Wildman–Crippen MR) is 191 cm³/mol. The highest BCUT2D eigenvalue weighted by atomic mass is 35.5. The standard InChI is InChI=1S/C39H42ClN5O5/c1-50-35-13-6-5-11-29(35)21-36(46)45-20-8-7-12-30-24-44(25-34(30)45)39-41-22-32(33(42-39)19-16-27-9-3-2-4-10-27)38(49)43(26-37(47)48)23-28-14-17-31(40)18-15-28/h2-6,9-11,13-15,17-18,22,30,34H,7-8,12,16,19-21,23-26H2,1H3,(H,47,48)/t30-,34-/m0/s1. The number of rotatable bonds is 12. The number of fused-ring (bicyclic) bond motifs is 1. The molecule has 2 saturated heterocycles. The summed E-state index contributed by atoms with van der Waals surface area (Å²) in [4.78, 5) is 54.9. The third-order valence-electron chi connectivity index (χ3n) is 9.65. The molecule has 2 aliphatic heterocycles. The van der Waals surface area contributed by atoms with Crippen LogP contribution in [0.5, 0.6) is 5.75 Å². The number of aromatic nitrogens is 2. The lowest BCUT2D eigenvalue weighted by Gasteiger charge is -2.30. The molecule has 2 atom stereocenters. The lowest BCUT2D eigenvalue weighted by molar-refractivity contribution is -0.138. The normalized spacial score (nSPS) is 17.2. The summed E-state index contributed by atoms with van der Waals surface area (Å²) in [6, 6.07) is 24.6. The van der Waals surface area contributed by atoms with Gasteiger partial charge >= 0.3 is 5.97 Å². The molecule has 0 unspecified atom stereocenters. The molecule has 4 aromatic rings. The Morgan fingerprint density at radius 2 is 1.70 bits per heavy atom. The maximum absolute atomic E-state index is 14.1. The van der Waals surface area contributed by atoms with Crippen LogP contribution in [0.15, 0.2) is 85.1 Å². The first-order valence-corrected chi connectivity index (χ1v) is 17.5. The lowest BCUT2D eigenvalue weighted by Crippen LogP contribution is -2.45. The number of aliphatic carboxylic acids is 1. The number of hydrogen-bond donors (Lipinski definition) is 1. The summed E-state index contributed by atoms with van der Waals surface area (Å²) in [6.45, 7) is 1.62. The van der Waals surface area contributed by atoms with Crippen LogP contribution in [0, 0.1) is 5.92 Å². The third-order valence-corrected chi connectivity index (χ3v) is 9.90. The Morgan fingerprint density at radius 3 is 2.46 bits per heavy atom. The lowest BCUT2D eigenvalue weighted by atomic mass is 9.98. The van der Waals surface area contributed by atoms with E-state index in [-0.39, 0.29) is 36.4 Å². The number of likely N-dealkylation sites (tertiary alicyclic amines) is 1. The number of para-hydroxylation sites is 1. The van der Waals surface area contributed by atoms with Crippen molar-refractivity contribution >= 4 is 35.3 Å². The Bertz CT molecular complexity index is 1800. The number of anilines is 1. The molecular weight excluding hydrogens is 654 g/mol. The molecule has 0 saturated carbocycles. The van der Waals surface area contributed by atoms with E-state index in [9.17, 15) is 19.5 Å². The number of carboxylic acids is 1. The van der Waals surface area contributed by atoms with Crippen molar-refractivity contribution in [1.29, 1.82) is 0 Å². The van der Waals surface area contributed by atoms with Crippen LogP contribution in [0.3, 0.4) is 0 Å². The van der Waals surface area contributed by atoms with E-state index in [4.69, 9.17) is 26.3 Å². The van der Waals surface area contributed by atoms with Crippen LogP contribution in [0.1, 0.15) is 52.0 Å². The summed E-state index contributed by atoms with van der Waals surface area (Å²) >= 11 is 6.06. The number of benzene rings is 3. The number of carbonyl (C=O) groups is 3. The zero-order valence-corrected chi connectivity index (χ0v) is 29.0. The molecule has 3 heterocycles. The fourth-order valence-corrected chi connectivity index (χ4v) is 7.24. The molecule has 0 aliphatic carbocycles. The Morgan fingerprint density at radius 1 is 0.940 bits per heavy atom. The number of nitrogens with zero attached hydrogens (tertiary/aromatic N) is 5. The Labute approximate surface area is 297 Å². The largest absolute Gasteiger partial charge is 0.496 e. The minimum absolute atomic E-state index is 0.0165. The smallest absolute Gasteiger partial charge is 0.323 e. The minimum atomic E-state index is -1.11. The zero-order chi connectivity index (χ0) is 35.0. The number of methoxy groups -OCH3 is 1. The van der Waals surface area contributed by atoms with Gasteiger partial charge in [0.1, 0.15) is 12.3 Å². The summed E-state index contributed by atoms with van der Waals surface area (Å²) in [5.41, 5.74) is 3.57. The van der Waals surface area contributed by atoms with Crippen molar-refractivity contribution in [3.8, 4) is 5.75 Å². The van der Waals surface area contributed by atoms with Gasteiger partial charge in [-0.1, -0.05) is 78.7 Å². The molecule has 2 amide bonds. The minimum Gasteiger partial charge on any atom is -0.496 e. The number of carbonyl (C=O) groups excluding carboxylic acids is 2. The molecular formula is C39H42ClN5O5. The van der Waals surface area contributed by atoms with Gasteiger partial charge in [-0.05, 0) is 60.9 Å². The fraction of sp³-hybridized carbons (Fsp3) is 0.359. The van der Waals surface area contributed by atoms with Gasteiger partial charge in [-0.25, -0.2) is 9.97 Å². The molecule has 1 N–H and O–H groups in total. The van der Waals surface area contributed by atoms with Gasteiger partial charge in [-0.15, -0.1) is 0 Å². The first-order valence-electron chi connectivity index (χ1n) is 17.1. The zero-order valence-electron chi connectivity index (χ0n) is 28.2. The van der Waals surface area contributed by atoms with Crippen molar-refractivity contribution in [2.45, 2.75) is 51.1 Å².